The summed E-state index contributed by atoms with van der Waals surface area (Å²) in [5.41, 5.74) is -8.92. The van der Waals surface area contributed by atoms with Crippen LogP contribution in [0.4, 0.5) is 0 Å². The van der Waals surface area contributed by atoms with Crippen LogP contribution in [0.1, 0.15) is 212 Å². The third-order valence-corrected chi connectivity index (χ3v) is 24.5. The van der Waals surface area contributed by atoms with Crippen molar-refractivity contribution in [2.45, 2.75) is 268 Å². The molecule has 22 nitrogen and oxygen atoms in total. The number of carbonyl (C=O) groups is 8. The highest BCUT2D eigenvalue weighted by Gasteiger charge is 2.75. The van der Waals surface area contributed by atoms with Crippen LogP contribution in [0.5, 0.6) is 0 Å². The maximum Gasteiger partial charge on any atom is 0.344 e. The van der Waals surface area contributed by atoms with Crippen molar-refractivity contribution in [3.63, 3.8) is 0 Å². The summed E-state index contributed by atoms with van der Waals surface area (Å²) in [7, 11) is 0. The third kappa shape index (κ3) is 13.7. The molecule has 524 valence electrons. The highest BCUT2D eigenvalue weighted by atomic mass is 16.6. The van der Waals surface area contributed by atoms with E-state index in [4.69, 9.17) is 37.9 Å². The van der Waals surface area contributed by atoms with E-state index in [2.05, 4.69) is 54.0 Å². The first-order valence-electron chi connectivity index (χ1n) is 33.4. The van der Waals surface area contributed by atoms with E-state index >= 15 is 0 Å². The minimum atomic E-state index is -1.03. The van der Waals surface area contributed by atoms with Gasteiger partial charge in [0.2, 0.25) is 0 Å². The van der Waals surface area contributed by atoms with Gasteiger partial charge in [-0.1, -0.05) is 95.6 Å². The van der Waals surface area contributed by atoms with E-state index in [0.717, 1.165) is 76.4 Å². The summed E-state index contributed by atoms with van der Waals surface area (Å²) < 4.78 is 42.4. The molecule has 0 aromatic carbocycles. The summed E-state index contributed by atoms with van der Waals surface area (Å²) in [6, 6.07) is 0. The minimum Gasteiger partial charge on any atom is -0.456 e. The van der Waals surface area contributed by atoms with Gasteiger partial charge in [-0.2, -0.15) is 0 Å². The highest BCUT2D eigenvalue weighted by molar-refractivity contribution is 5.89. The van der Waals surface area contributed by atoms with Crippen molar-refractivity contribution in [2.75, 3.05) is 26.4 Å². The molecule has 0 heterocycles. The Morgan fingerprint density at radius 1 is 0.340 bits per heavy atom. The van der Waals surface area contributed by atoms with Crippen molar-refractivity contribution in [2.24, 2.45) is 56.2 Å². The Morgan fingerprint density at radius 3 is 0.777 bits per heavy atom. The van der Waals surface area contributed by atoms with Crippen molar-refractivity contribution in [1.29, 1.82) is 0 Å². The molecule has 0 aliphatic heterocycles. The Hall–Kier alpha value is -5.52. The van der Waals surface area contributed by atoms with Crippen molar-refractivity contribution < 1.29 is 107 Å². The van der Waals surface area contributed by atoms with Crippen molar-refractivity contribution in [1.82, 2.24) is 0 Å². The number of aliphatic hydroxyl groups is 6. The second-order valence-corrected chi connectivity index (χ2v) is 34.6. The second kappa shape index (κ2) is 23.6. The lowest BCUT2D eigenvalue weighted by molar-refractivity contribution is -0.311. The zero-order valence-electron chi connectivity index (χ0n) is 57.5. The van der Waals surface area contributed by atoms with Gasteiger partial charge in [-0.3, -0.25) is 0 Å². The fourth-order valence-electron chi connectivity index (χ4n) is 23.6. The number of rotatable bonds is 16. The molecule has 16 rings (SSSR count). The van der Waals surface area contributed by atoms with Gasteiger partial charge in [-0.25, -0.2) is 38.4 Å². The van der Waals surface area contributed by atoms with Crippen LogP contribution in [0.15, 0.2) is 49.6 Å². The Balaban J connectivity index is 0.000000148. The van der Waals surface area contributed by atoms with Crippen molar-refractivity contribution in [3.05, 3.63) is 49.6 Å². The SMILES string of the molecule is C=C(C)C(=O)OCC(=O)OC12CC3(C)CC(C)(CC(O)(C3)C1C)C2.C=C(C)C(=O)OCC(=O)OC12CC3(C)CC(O)(CC(O)(C3)C1C)C2.C=CC(=O)OCC(=O)OC12CC3(C)CC(C)(CC(O)(C3)C1C)C2.C=CC(=O)OCC(=O)OC12CC3(C)CC(O)(CC(O)(C3)C1C)C2. The Morgan fingerprint density at radius 2 is 0.553 bits per heavy atom. The first kappa shape index (κ1) is 72.7. The maximum absolute atomic E-state index is 12.3. The maximum atomic E-state index is 12.3. The predicted molar refractivity (Wildman–Crippen MR) is 336 cm³/mol. The highest BCUT2D eigenvalue weighted by Crippen LogP contribution is 2.73. The summed E-state index contributed by atoms with van der Waals surface area (Å²) in [6.45, 7) is 35.2. The molecule has 0 aromatic heterocycles. The average molecular weight is 1320 g/mol. The van der Waals surface area contributed by atoms with Gasteiger partial charge in [0.05, 0.1) is 33.6 Å². The summed E-state index contributed by atoms with van der Waals surface area (Å²) in [5.74, 6) is -5.77. The van der Waals surface area contributed by atoms with E-state index in [1.54, 1.807) is 0 Å². The third-order valence-electron chi connectivity index (χ3n) is 24.5. The van der Waals surface area contributed by atoms with Gasteiger partial charge >= 0.3 is 47.8 Å². The molecule has 0 spiro atoms. The lowest BCUT2D eigenvalue weighted by Crippen LogP contribution is -2.74. The van der Waals surface area contributed by atoms with Crippen molar-refractivity contribution in [3.8, 4) is 0 Å². The van der Waals surface area contributed by atoms with Crippen molar-refractivity contribution >= 4 is 47.8 Å². The standard InChI is InChI=1S/C19H28O5.C18H26O6.C18H26O5.C17H24O6/c1-12(2)15(21)23-6-14(20)24-19-10-16(4)7-17(5,11-19)9-18(22,8-16)13(19)3;1-11(2)14(20)23-5-13(19)24-18-8-15(4)6-16(21,10-18)9-17(22,7-15)12(18)3;1-5-13(19)22-6-14(20)23-18-10-15(3)7-16(4,11-18)9-17(21,8-15)12(18)2;1-4-12(18)22-5-13(19)23-17-8-14(3)6-15(20,10-17)9-16(21,7-14)11(17)2/h13,22H,1,6-11H2,2-5H3;12,21-22H,1,5-10H2,2-4H3;5,12,21H,1,6-11H2,2-4H3;4,11,20-21H,1,5-10H2,2-3H3. The number of ether oxygens (including phenoxy) is 8. The molecule has 0 radical (unpaired) electrons. The Bertz CT molecular complexity index is 2890. The molecular weight excluding hydrogens is 1220 g/mol. The van der Waals surface area contributed by atoms with Gasteiger partial charge in [0.25, 0.3) is 0 Å². The molecule has 0 saturated heterocycles. The van der Waals surface area contributed by atoms with Crippen LogP contribution >= 0.6 is 0 Å². The number of hydrogen-bond acceptors (Lipinski definition) is 22. The van der Waals surface area contributed by atoms with Crippen LogP contribution in [0.3, 0.4) is 0 Å². The molecule has 0 aromatic rings. The van der Waals surface area contributed by atoms with E-state index in [1.165, 1.54) is 13.8 Å². The molecule has 16 saturated carbocycles. The molecule has 16 atom stereocenters. The molecule has 0 amide bonds. The topological polar surface area (TPSA) is 332 Å². The lowest BCUT2D eigenvalue weighted by atomic mass is 9.39. The summed E-state index contributed by atoms with van der Waals surface area (Å²) >= 11 is 0. The average Bonchev–Trinajstić information content (AvgIpc) is 0.713. The smallest absolute Gasteiger partial charge is 0.344 e. The minimum absolute atomic E-state index is 0.00934. The van der Waals surface area contributed by atoms with Crippen LogP contribution in [-0.2, 0) is 76.3 Å². The molecule has 16 unspecified atom stereocenters. The van der Waals surface area contributed by atoms with E-state index < -0.39 is 130 Å². The normalized spacial score (nSPS) is 46.5. The van der Waals surface area contributed by atoms with Gasteiger partial charge < -0.3 is 68.5 Å². The predicted octanol–water partition coefficient (Wildman–Crippen LogP) is 7.70. The molecule has 16 fully saturated rings. The first-order chi connectivity index (χ1) is 42.9. The van der Waals surface area contributed by atoms with Gasteiger partial charge in [-0.05, 0) is 149 Å². The lowest BCUT2D eigenvalue weighted by Gasteiger charge is -2.69. The van der Waals surface area contributed by atoms with Gasteiger partial charge in [0.15, 0.2) is 26.4 Å². The number of esters is 8. The molecule has 16 aliphatic rings. The van der Waals surface area contributed by atoms with Crippen LogP contribution in [0, 0.1) is 56.2 Å². The summed E-state index contributed by atoms with van der Waals surface area (Å²) in [5, 5.41) is 66.0. The largest absolute Gasteiger partial charge is 0.456 e. The van der Waals surface area contributed by atoms with E-state index in [0.29, 0.717) is 64.2 Å². The zero-order valence-corrected chi connectivity index (χ0v) is 57.5. The summed E-state index contributed by atoms with van der Waals surface area (Å²) in [4.78, 5) is 93.9. The molecule has 6 N–H and O–H groups in total. The van der Waals surface area contributed by atoms with E-state index in [9.17, 15) is 69.0 Å². The van der Waals surface area contributed by atoms with E-state index in [1.807, 2.05) is 41.5 Å². The quantitative estimate of drug-likeness (QED) is 0.0489. The number of hydrogen-bond donors (Lipinski definition) is 6. The fraction of sp³-hybridized carbons (Fsp3) is 0.778. The molecule has 16 aliphatic carbocycles. The van der Waals surface area contributed by atoms with Crippen LogP contribution < -0.4 is 0 Å². The Labute approximate surface area is 552 Å². The molecule has 16 bridgehead atoms. The summed E-state index contributed by atoms with van der Waals surface area (Å²) in [6.07, 6.45) is 15.1. The van der Waals surface area contributed by atoms with Gasteiger partial charge in [0, 0.05) is 72.7 Å². The van der Waals surface area contributed by atoms with Gasteiger partial charge in [0.1, 0.15) is 22.4 Å². The molecular formula is C72H104O22. The van der Waals surface area contributed by atoms with Crippen LogP contribution in [-0.4, -0.2) is 161 Å². The van der Waals surface area contributed by atoms with Crippen LogP contribution in [0.2, 0.25) is 0 Å². The van der Waals surface area contributed by atoms with E-state index in [-0.39, 0.29) is 67.3 Å². The molecule has 94 heavy (non-hydrogen) atoms. The van der Waals surface area contributed by atoms with Gasteiger partial charge in [-0.15, -0.1) is 0 Å². The monoisotopic (exact) mass is 1320 g/mol. The zero-order chi connectivity index (χ0) is 70.1. The number of carbonyl (C=O) groups excluding carboxylic acids is 8. The fourth-order valence-corrected chi connectivity index (χ4v) is 23.6. The first-order valence-corrected chi connectivity index (χ1v) is 33.4. The van der Waals surface area contributed by atoms with Crippen LogP contribution in [0.25, 0.3) is 0 Å². The second-order valence-electron chi connectivity index (χ2n) is 34.6. The Kier molecular flexibility index (Phi) is 18.3. The molecule has 22 heteroatoms.